The number of allylic oxidation sites excluding steroid dienone is 2. The Morgan fingerprint density at radius 2 is 2.14 bits per heavy atom. The lowest BCUT2D eigenvalue weighted by molar-refractivity contribution is 0.393. The molecule has 0 amide bonds. The highest BCUT2D eigenvalue weighted by Crippen LogP contribution is 2.23. The molecule has 0 aliphatic heterocycles. The second kappa shape index (κ2) is 4.10. The van der Waals surface area contributed by atoms with Gasteiger partial charge in [-0.05, 0) is 19.8 Å². The highest BCUT2D eigenvalue weighted by Gasteiger charge is 2.13. The van der Waals surface area contributed by atoms with E-state index in [0.717, 1.165) is 11.3 Å². The van der Waals surface area contributed by atoms with Gasteiger partial charge in [0.2, 0.25) is 0 Å². The largest absolute Gasteiger partial charge is 0.361 e. The molecule has 1 aromatic heterocycles. The van der Waals surface area contributed by atoms with Gasteiger partial charge in [0.1, 0.15) is 5.76 Å². The van der Waals surface area contributed by atoms with Crippen LogP contribution in [-0.2, 0) is 0 Å². The summed E-state index contributed by atoms with van der Waals surface area (Å²) in [5.41, 5.74) is 2.26. The molecule has 1 aromatic rings. The summed E-state index contributed by atoms with van der Waals surface area (Å²) in [6, 6.07) is 2.18. The minimum absolute atomic E-state index is 0.346. The summed E-state index contributed by atoms with van der Waals surface area (Å²) >= 11 is 0. The van der Waals surface area contributed by atoms with Crippen LogP contribution >= 0.6 is 0 Å². The van der Waals surface area contributed by atoms with Gasteiger partial charge in [0.05, 0.1) is 22.9 Å². The molecule has 3 heteroatoms. The second-order valence-electron chi connectivity index (χ2n) is 3.64. The average molecular weight is 190 g/mol. The maximum atomic E-state index is 9.01. The molecular weight excluding hydrogens is 176 g/mol. The highest BCUT2D eigenvalue weighted by atomic mass is 16.5. The number of hydrogen-bond donors (Lipinski definition) is 0. The molecule has 0 saturated carbocycles. The van der Waals surface area contributed by atoms with Crippen LogP contribution in [0.4, 0.5) is 0 Å². The quantitative estimate of drug-likeness (QED) is 0.674. The molecule has 14 heavy (non-hydrogen) atoms. The lowest BCUT2D eigenvalue weighted by atomic mass is 10.0. The van der Waals surface area contributed by atoms with Crippen molar-refractivity contribution in [2.75, 3.05) is 0 Å². The molecule has 3 nitrogen and oxygen atoms in total. The van der Waals surface area contributed by atoms with Gasteiger partial charge in [0.25, 0.3) is 0 Å². The van der Waals surface area contributed by atoms with Crippen molar-refractivity contribution in [2.24, 2.45) is 5.92 Å². The van der Waals surface area contributed by atoms with Crippen LogP contribution in [0.15, 0.2) is 10.6 Å². The summed E-state index contributed by atoms with van der Waals surface area (Å²) in [5, 5.41) is 12.8. The fourth-order valence-corrected chi connectivity index (χ4v) is 1.38. The molecule has 0 radical (unpaired) electrons. The Kier molecular flexibility index (Phi) is 3.08. The minimum atomic E-state index is 0.346. The lowest BCUT2D eigenvalue weighted by Gasteiger charge is -1.99. The molecule has 1 heterocycles. The van der Waals surface area contributed by atoms with Crippen molar-refractivity contribution >= 4 is 5.57 Å². The van der Waals surface area contributed by atoms with E-state index < -0.39 is 0 Å². The van der Waals surface area contributed by atoms with Gasteiger partial charge in [0, 0.05) is 0 Å². The monoisotopic (exact) mass is 190 g/mol. The Morgan fingerprint density at radius 3 is 2.50 bits per heavy atom. The van der Waals surface area contributed by atoms with Crippen LogP contribution in [-0.4, -0.2) is 5.16 Å². The van der Waals surface area contributed by atoms with E-state index in [1.807, 2.05) is 33.8 Å². The standard InChI is InChI=1S/C11H14N2O/c1-7(2)5-10(6-12)11-8(3)13-14-9(11)4/h5,7H,1-4H3/b10-5+. The molecule has 0 unspecified atom stereocenters. The van der Waals surface area contributed by atoms with Gasteiger partial charge in [-0.2, -0.15) is 5.26 Å². The summed E-state index contributed by atoms with van der Waals surface area (Å²) in [5.74, 6) is 1.05. The number of hydrogen-bond acceptors (Lipinski definition) is 3. The first-order chi connectivity index (χ1) is 6.56. The van der Waals surface area contributed by atoms with Crippen LogP contribution in [0.5, 0.6) is 0 Å². The van der Waals surface area contributed by atoms with Crippen molar-refractivity contribution in [3.8, 4) is 6.07 Å². The van der Waals surface area contributed by atoms with Gasteiger partial charge >= 0.3 is 0 Å². The zero-order chi connectivity index (χ0) is 10.7. The minimum Gasteiger partial charge on any atom is -0.361 e. The lowest BCUT2D eigenvalue weighted by Crippen LogP contribution is -1.89. The van der Waals surface area contributed by atoms with E-state index in [9.17, 15) is 0 Å². The van der Waals surface area contributed by atoms with E-state index in [-0.39, 0.29) is 0 Å². The summed E-state index contributed by atoms with van der Waals surface area (Å²) in [6.45, 7) is 7.74. The number of aromatic nitrogens is 1. The third kappa shape index (κ3) is 2.02. The molecule has 0 bridgehead atoms. The van der Waals surface area contributed by atoms with Gasteiger partial charge in [0.15, 0.2) is 0 Å². The van der Waals surface area contributed by atoms with E-state index in [4.69, 9.17) is 9.78 Å². The van der Waals surface area contributed by atoms with Crippen LogP contribution in [0.25, 0.3) is 5.57 Å². The van der Waals surface area contributed by atoms with Crippen LogP contribution in [0, 0.1) is 31.1 Å². The molecule has 0 aromatic carbocycles. The zero-order valence-electron chi connectivity index (χ0n) is 8.96. The predicted molar refractivity (Wildman–Crippen MR) is 54.4 cm³/mol. The fourth-order valence-electron chi connectivity index (χ4n) is 1.38. The van der Waals surface area contributed by atoms with Crippen molar-refractivity contribution in [1.82, 2.24) is 5.16 Å². The van der Waals surface area contributed by atoms with E-state index in [1.165, 1.54) is 0 Å². The SMILES string of the molecule is Cc1noc(C)c1/C(C#N)=C/C(C)C. The van der Waals surface area contributed by atoms with E-state index >= 15 is 0 Å². The Hall–Kier alpha value is -1.56. The Balaban J connectivity index is 3.21. The smallest absolute Gasteiger partial charge is 0.142 e. The third-order valence-corrected chi connectivity index (χ3v) is 1.92. The molecule has 0 spiro atoms. The van der Waals surface area contributed by atoms with E-state index in [2.05, 4.69) is 11.2 Å². The molecule has 1 rings (SSSR count). The topological polar surface area (TPSA) is 49.8 Å². The first-order valence-electron chi connectivity index (χ1n) is 4.61. The fraction of sp³-hybridized carbons (Fsp3) is 0.455. The summed E-state index contributed by atoms with van der Waals surface area (Å²) in [7, 11) is 0. The van der Waals surface area contributed by atoms with Crippen molar-refractivity contribution in [1.29, 1.82) is 5.26 Å². The van der Waals surface area contributed by atoms with Crippen LogP contribution in [0.3, 0.4) is 0 Å². The van der Waals surface area contributed by atoms with Crippen molar-refractivity contribution < 1.29 is 4.52 Å². The molecule has 0 aliphatic carbocycles. The van der Waals surface area contributed by atoms with Crippen molar-refractivity contribution in [3.05, 3.63) is 23.1 Å². The molecule has 74 valence electrons. The van der Waals surface area contributed by atoms with Gasteiger partial charge in [-0.3, -0.25) is 0 Å². The first kappa shape index (κ1) is 10.5. The predicted octanol–water partition coefficient (Wildman–Crippen LogP) is 2.85. The van der Waals surface area contributed by atoms with Crippen LogP contribution < -0.4 is 0 Å². The van der Waals surface area contributed by atoms with E-state index in [1.54, 1.807) is 0 Å². The van der Waals surface area contributed by atoms with Crippen LogP contribution in [0.2, 0.25) is 0 Å². The first-order valence-corrected chi connectivity index (χ1v) is 4.61. The zero-order valence-corrected chi connectivity index (χ0v) is 8.96. The Morgan fingerprint density at radius 1 is 1.50 bits per heavy atom. The third-order valence-electron chi connectivity index (χ3n) is 1.92. The number of nitrogens with zero attached hydrogens (tertiary/aromatic N) is 2. The summed E-state index contributed by atoms with van der Waals surface area (Å²) < 4.78 is 5.02. The van der Waals surface area contributed by atoms with Gasteiger partial charge in [-0.1, -0.05) is 25.1 Å². The normalized spacial score (nSPS) is 11.9. The molecule has 0 atom stereocenters. The highest BCUT2D eigenvalue weighted by molar-refractivity contribution is 5.78. The number of rotatable bonds is 2. The summed E-state index contributed by atoms with van der Waals surface area (Å²) in [4.78, 5) is 0. The van der Waals surface area contributed by atoms with Crippen molar-refractivity contribution in [2.45, 2.75) is 27.7 Å². The number of aryl methyl sites for hydroxylation is 2. The second-order valence-corrected chi connectivity index (χ2v) is 3.64. The number of nitriles is 1. The molecule has 0 saturated heterocycles. The van der Waals surface area contributed by atoms with Gasteiger partial charge < -0.3 is 4.52 Å². The molecule has 0 aliphatic rings. The molecule has 0 N–H and O–H groups in total. The Labute approximate surface area is 84.0 Å². The molecular formula is C11H14N2O. The van der Waals surface area contributed by atoms with Gasteiger partial charge in [-0.25, -0.2) is 0 Å². The maximum absolute atomic E-state index is 9.01. The Bertz CT molecular complexity index is 374. The maximum Gasteiger partial charge on any atom is 0.142 e. The van der Waals surface area contributed by atoms with Crippen molar-refractivity contribution in [3.63, 3.8) is 0 Å². The van der Waals surface area contributed by atoms with Gasteiger partial charge in [-0.15, -0.1) is 0 Å². The summed E-state index contributed by atoms with van der Waals surface area (Å²) in [6.07, 6.45) is 1.92. The molecule has 0 fully saturated rings. The average Bonchev–Trinajstić information content (AvgIpc) is 2.43. The van der Waals surface area contributed by atoms with E-state index in [0.29, 0.717) is 17.3 Å². The van der Waals surface area contributed by atoms with Crippen LogP contribution in [0.1, 0.15) is 30.9 Å².